The van der Waals surface area contributed by atoms with Gasteiger partial charge in [-0.2, -0.15) is 5.26 Å². The molecule has 1 aliphatic carbocycles. The zero-order chi connectivity index (χ0) is 17.9. The number of ether oxygens (including phenoxy) is 1. The number of unbranched alkanes of at least 4 members (excludes halogenated alkanes) is 2. The lowest BCUT2D eigenvalue weighted by Gasteiger charge is -2.27. The van der Waals surface area contributed by atoms with Crippen molar-refractivity contribution in [2.24, 2.45) is 11.8 Å². The first kappa shape index (κ1) is 17.5. The van der Waals surface area contributed by atoms with Crippen molar-refractivity contribution >= 4 is 11.7 Å². The summed E-state index contributed by atoms with van der Waals surface area (Å²) >= 11 is 0. The molecule has 3 rings (SSSR count). The van der Waals surface area contributed by atoms with E-state index in [1.807, 2.05) is 30.3 Å². The van der Waals surface area contributed by atoms with Crippen LogP contribution in [-0.4, -0.2) is 24.8 Å². The molecule has 25 heavy (non-hydrogen) atoms. The van der Waals surface area contributed by atoms with Crippen molar-refractivity contribution in [2.75, 3.05) is 13.2 Å². The van der Waals surface area contributed by atoms with Gasteiger partial charge < -0.3 is 10.1 Å². The van der Waals surface area contributed by atoms with Crippen LogP contribution in [0, 0.1) is 23.2 Å². The van der Waals surface area contributed by atoms with Crippen molar-refractivity contribution in [1.82, 2.24) is 5.32 Å². The zero-order valence-electron chi connectivity index (χ0n) is 14.6. The van der Waals surface area contributed by atoms with E-state index < -0.39 is 11.8 Å². The van der Waals surface area contributed by atoms with E-state index in [-0.39, 0.29) is 17.1 Å². The molecular weight excluding hydrogens is 316 g/mol. The summed E-state index contributed by atoms with van der Waals surface area (Å²) in [5.41, 5.74) is 0.795. The maximum Gasteiger partial charge on any atom is 0.245 e. The van der Waals surface area contributed by atoms with E-state index in [1.165, 1.54) is 0 Å². The number of fused-ring (bicyclic) bond motifs is 2. The number of para-hydroxylation sites is 1. The predicted octanol–water partition coefficient (Wildman–Crippen LogP) is 2.74. The fourth-order valence-corrected chi connectivity index (χ4v) is 3.88. The number of nitriles is 1. The lowest BCUT2D eigenvalue weighted by Crippen LogP contribution is -2.37. The van der Waals surface area contributed by atoms with Crippen LogP contribution >= 0.6 is 0 Å². The van der Waals surface area contributed by atoms with Crippen LogP contribution < -0.4 is 10.1 Å². The van der Waals surface area contributed by atoms with Gasteiger partial charge in [-0.3, -0.25) is 9.59 Å². The summed E-state index contributed by atoms with van der Waals surface area (Å²) in [4.78, 5) is 25.1. The van der Waals surface area contributed by atoms with E-state index in [9.17, 15) is 14.9 Å². The second-order valence-corrected chi connectivity index (χ2v) is 6.97. The van der Waals surface area contributed by atoms with Gasteiger partial charge in [0.1, 0.15) is 5.75 Å². The SMILES string of the molecule is CCCCCNC(=O)[C@H](C#N)C(=O)[C@@H]1C[C@]12CCOc1ccccc12. The van der Waals surface area contributed by atoms with Gasteiger partial charge >= 0.3 is 0 Å². The maximum atomic E-state index is 12.8. The third-order valence-corrected chi connectivity index (χ3v) is 5.40. The van der Waals surface area contributed by atoms with Crippen LogP contribution in [0.2, 0.25) is 0 Å². The standard InChI is InChI=1S/C20H24N2O3/c1-2-3-6-10-22-19(24)14(13-21)18(23)16-12-20(16)9-11-25-17-8-5-4-7-15(17)20/h4-5,7-8,14,16H,2-3,6,9-12H2,1H3,(H,22,24)/t14-,16+,20+/m1/s1. The Labute approximate surface area is 148 Å². The maximum absolute atomic E-state index is 12.8. The lowest BCUT2D eigenvalue weighted by atomic mass is 9.84. The van der Waals surface area contributed by atoms with Crippen LogP contribution in [0.5, 0.6) is 5.75 Å². The number of nitrogens with zero attached hydrogens (tertiary/aromatic N) is 1. The molecular formula is C20H24N2O3. The van der Waals surface area contributed by atoms with E-state index in [0.29, 0.717) is 19.6 Å². The number of amides is 1. The first-order valence-corrected chi connectivity index (χ1v) is 9.07. The lowest BCUT2D eigenvalue weighted by molar-refractivity contribution is -0.132. The van der Waals surface area contributed by atoms with Crippen LogP contribution in [0.15, 0.2) is 24.3 Å². The van der Waals surface area contributed by atoms with Crippen molar-refractivity contribution < 1.29 is 14.3 Å². The summed E-state index contributed by atoms with van der Waals surface area (Å²) in [7, 11) is 0. The fraction of sp³-hybridized carbons (Fsp3) is 0.550. The number of nitrogens with one attached hydrogen (secondary N) is 1. The second-order valence-electron chi connectivity index (χ2n) is 6.97. The molecule has 2 aliphatic rings. The Morgan fingerprint density at radius 2 is 2.20 bits per heavy atom. The Morgan fingerprint density at radius 1 is 1.40 bits per heavy atom. The molecule has 0 aromatic heterocycles. The molecule has 0 saturated heterocycles. The third kappa shape index (κ3) is 3.26. The van der Waals surface area contributed by atoms with Crippen molar-refractivity contribution in [3.05, 3.63) is 29.8 Å². The van der Waals surface area contributed by atoms with Gasteiger partial charge in [-0.05, 0) is 25.3 Å². The summed E-state index contributed by atoms with van der Waals surface area (Å²) in [6.07, 6.45) is 4.41. The monoisotopic (exact) mass is 340 g/mol. The first-order valence-electron chi connectivity index (χ1n) is 9.07. The molecule has 1 fully saturated rings. The van der Waals surface area contributed by atoms with E-state index in [4.69, 9.17) is 4.74 Å². The summed E-state index contributed by atoms with van der Waals surface area (Å²) in [6.45, 7) is 3.17. The Hall–Kier alpha value is -2.35. The molecule has 1 aromatic rings. The molecule has 1 heterocycles. The molecule has 1 spiro atoms. The largest absolute Gasteiger partial charge is 0.493 e. The summed E-state index contributed by atoms with van der Waals surface area (Å²) in [5, 5.41) is 12.1. The Balaban J connectivity index is 1.68. The third-order valence-electron chi connectivity index (χ3n) is 5.40. The topological polar surface area (TPSA) is 79.2 Å². The highest BCUT2D eigenvalue weighted by Gasteiger charge is 2.62. The van der Waals surface area contributed by atoms with Gasteiger partial charge in [0.2, 0.25) is 5.91 Å². The Morgan fingerprint density at radius 3 is 2.96 bits per heavy atom. The zero-order valence-corrected chi connectivity index (χ0v) is 14.6. The van der Waals surface area contributed by atoms with Gasteiger partial charge in [0.15, 0.2) is 11.7 Å². The van der Waals surface area contributed by atoms with Crippen LogP contribution in [0.25, 0.3) is 0 Å². The van der Waals surface area contributed by atoms with Crippen molar-refractivity contribution in [3.63, 3.8) is 0 Å². The average Bonchev–Trinajstić information content (AvgIpc) is 3.34. The molecule has 0 radical (unpaired) electrons. The molecule has 1 aromatic carbocycles. The molecule has 1 N–H and O–H groups in total. The molecule has 1 aliphatic heterocycles. The van der Waals surface area contributed by atoms with E-state index >= 15 is 0 Å². The second kappa shape index (κ2) is 7.26. The summed E-state index contributed by atoms with van der Waals surface area (Å²) in [6, 6.07) is 9.68. The molecule has 3 atom stereocenters. The minimum absolute atomic E-state index is 0.243. The minimum Gasteiger partial charge on any atom is -0.493 e. The van der Waals surface area contributed by atoms with E-state index in [2.05, 4.69) is 12.2 Å². The van der Waals surface area contributed by atoms with Crippen molar-refractivity contribution in [3.8, 4) is 11.8 Å². The number of Topliss-reactive ketones (excluding diaryl/α,β-unsaturated/α-hetero) is 1. The highest BCUT2D eigenvalue weighted by atomic mass is 16.5. The fourth-order valence-electron chi connectivity index (χ4n) is 3.88. The average molecular weight is 340 g/mol. The number of carbonyl (C=O) groups excluding carboxylic acids is 2. The van der Waals surface area contributed by atoms with E-state index in [0.717, 1.165) is 37.0 Å². The highest BCUT2D eigenvalue weighted by Crippen LogP contribution is 2.61. The van der Waals surface area contributed by atoms with Crippen LogP contribution in [-0.2, 0) is 15.0 Å². The molecule has 0 unspecified atom stereocenters. The van der Waals surface area contributed by atoms with Crippen LogP contribution in [0.4, 0.5) is 0 Å². The molecule has 5 heteroatoms. The number of hydrogen-bond acceptors (Lipinski definition) is 4. The van der Waals surface area contributed by atoms with Crippen molar-refractivity contribution in [1.29, 1.82) is 5.26 Å². The predicted molar refractivity (Wildman–Crippen MR) is 93.0 cm³/mol. The Bertz CT molecular complexity index is 709. The molecule has 1 amide bonds. The highest BCUT2D eigenvalue weighted by molar-refractivity contribution is 6.06. The van der Waals surface area contributed by atoms with Gasteiger partial charge in [-0.1, -0.05) is 38.0 Å². The van der Waals surface area contributed by atoms with Crippen LogP contribution in [0.1, 0.15) is 44.6 Å². The summed E-state index contributed by atoms with van der Waals surface area (Å²) in [5.74, 6) is -1.34. The summed E-state index contributed by atoms with van der Waals surface area (Å²) < 4.78 is 5.68. The number of rotatable bonds is 7. The molecule has 5 nitrogen and oxygen atoms in total. The number of hydrogen-bond donors (Lipinski definition) is 1. The normalized spacial score (nSPS) is 24.6. The Kier molecular flexibility index (Phi) is 5.08. The van der Waals surface area contributed by atoms with Gasteiger partial charge in [0.05, 0.1) is 12.7 Å². The first-order chi connectivity index (χ1) is 12.1. The van der Waals surface area contributed by atoms with Crippen LogP contribution in [0.3, 0.4) is 0 Å². The molecule has 1 saturated carbocycles. The van der Waals surface area contributed by atoms with Gasteiger partial charge in [0.25, 0.3) is 0 Å². The number of benzene rings is 1. The van der Waals surface area contributed by atoms with E-state index in [1.54, 1.807) is 0 Å². The molecule has 0 bridgehead atoms. The minimum atomic E-state index is -1.21. The number of carbonyl (C=O) groups is 2. The number of ketones is 1. The van der Waals surface area contributed by atoms with Gasteiger partial charge in [-0.15, -0.1) is 0 Å². The van der Waals surface area contributed by atoms with Crippen molar-refractivity contribution in [2.45, 2.75) is 44.4 Å². The van der Waals surface area contributed by atoms with Gasteiger partial charge in [-0.25, -0.2) is 0 Å². The quantitative estimate of drug-likeness (QED) is 0.611. The smallest absolute Gasteiger partial charge is 0.245 e. The molecule has 132 valence electrons. The van der Waals surface area contributed by atoms with Gasteiger partial charge in [0, 0.05) is 23.4 Å².